The van der Waals surface area contributed by atoms with Crippen LogP contribution in [-0.4, -0.2) is 71.9 Å². The van der Waals surface area contributed by atoms with Crippen LogP contribution in [0.1, 0.15) is 57.6 Å². The number of likely N-dealkylation sites (tertiary alicyclic amines) is 1. The minimum Gasteiger partial charge on any atom is -0.464 e. The van der Waals surface area contributed by atoms with Gasteiger partial charge in [0.25, 0.3) is 0 Å². The molecule has 0 spiro atoms. The highest BCUT2D eigenvalue weighted by Crippen LogP contribution is 2.46. The van der Waals surface area contributed by atoms with Gasteiger partial charge in [0.2, 0.25) is 5.91 Å². The monoisotopic (exact) mass is 589 g/mol. The van der Waals surface area contributed by atoms with Gasteiger partial charge in [-0.15, -0.1) is 6.58 Å². The van der Waals surface area contributed by atoms with E-state index in [9.17, 15) is 19.2 Å². The first-order valence-electron chi connectivity index (χ1n) is 14.7. The maximum atomic E-state index is 13.6. The molecule has 228 valence electrons. The largest absolute Gasteiger partial charge is 0.464 e. The van der Waals surface area contributed by atoms with E-state index in [2.05, 4.69) is 29.3 Å². The molecule has 2 aliphatic carbocycles. The molecule has 4 atom stereocenters. The Hall–Kier alpha value is -4.34. The van der Waals surface area contributed by atoms with Gasteiger partial charge >= 0.3 is 18.2 Å². The molecule has 0 aromatic heterocycles. The number of ether oxygens (including phenoxy) is 3. The fourth-order valence-electron chi connectivity index (χ4n) is 6.08. The van der Waals surface area contributed by atoms with Crippen LogP contribution in [0.25, 0.3) is 11.1 Å². The van der Waals surface area contributed by atoms with Crippen molar-refractivity contribution in [2.75, 3.05) is 19.8 Å². The Bertz CT molecular complexity index is 1390. The van der Waals surface area contributed by atoms with Gasteiger partial charge in [-0.25, -0.2) is 14.4 Å². The number of benzene rings is 2. The molecule has 1 saturated heterocycles. The molecule has 1 heterocycles. The number of nitrogens with one attached hydrogen (secondary N) is 2. The molecule has 2 N–H and O–H groups in total. The smallest absolute Gasteiger partial charge is 0.411 e. The van der Waals surface area contributed by atoms with Crippen LogP contribution < -0.4 is 10.6 Å². The third-order valence-corrected chi connectivity index (χ3v) is 8.18. The van der Waals surface area contributed by atoms with Crippen LogP contribution in [-0.2, 0) is 23.8 Å². The fourth-order valence-corrected chi connectivity index (χ4v) is 6.08. The Morgan fingerprint density at radius 1 is 1.02 bits per heavy atom. The normalized spacial score (nSPS) is 23.9. The molecule has 0 radical (unpaired) electrons. The fraction of sp³-hybridized carbons (Fsp3) is 0.455. The molecular formula is C33H39N3O7. The number of esters is 1. The van der Waals surface area contributed by atoms with Crippen LogP contribution in [0.5, 0.6) is 0 Å². The minimum absolute atomic E-state index is 0.0362. The Morgan fingerprint density at radius 2 is 1.65 bits per heavy atom. The van der Waals surface area contributed by atoms with Gasteiger partial charge in [0.05, 0.1) is 12.6 Å². The number of hydrogen-bond donors (Lipinski definition) is 2. The zero-order valence-electron chi connectivity index (χ0n) is 25.1. The van der Waals surface area contributed by atoms with Gasteiger partial charge in [-0.1, -0.05) is 54.6 Å². The summed E-state index contributed by atoms with van der Waals surface area (Å²) in [4.78, 5) is 53.7. The van der Waals surface area contributed by atoms with Crippen molar-refractivity contribution in [2.24, 2.45) is 5.92 Å². The van der Waals surface area contributed by atoms with Gasteiger partial charge in [-0.2, -0.15) is 0 Å². The summed E-state index contributed by atoms with van der Waals surface area (Å²) in [5.74, 6) is -1.45. The third-order valence-electron chi connectivity index (χ3n) is 8.18. The van der Waals surface area contributed by atoms with E-state index in [1.807, 2.05) is 36.4 Å². The summed E-state index contributed by atoms with van der Waals surface area (Å²) in [6.45, 7) is 11.0. The van der Waals surface area contributed by atoms with Crippen molar-refractivity contribution < 1.29 is 33.4 Å². The van der Waals surface area contributed by atoms with Crippen LogP contribution in [0, 0.1) is 5.92 Å². The molecule has 5 rings (SSSR count). The molecular weight excluding hydrogens is 550 g/mol. The maximum Gasteiger partial charge on any atom is 0.411 e. The average Bonchev–Trinajstić information content (AvgIpc) is 3.35. The molecule has 10 heteroatoms. The predicted molar refractivity (Wildman–Crippen MR) is 159 cm³/mol. The molecule has 1 saturated carbocycles. The third kappa shape index (κ3) is 6.09. The van der Waals surface area contributed by atoms with Crippen LogP contribution in [0.15, 0.2) is 61.2 Å². The van der Waals surface area contributed by atoms with Crippen molar-refractivity contribution in [3.05, 3.63) is 72.3 Å². The quantitative estimate of drug-likeness (QED) is 0.264. The Balaban J connectivity index is 1.26. The Morgan fingerprint density at radius 3 is 2.21 bits per heavy atom. The average molecular weight is 590 g/mol. The van der Waals surface area contributed by atoms with E-state index in [-0.39, 0.29) is 38.0 Å². The van der Waals surface area contributed by atoms with Crippen LogP contribution >= 0.6 is 0 Å². The molecule has 1 unspecified atom stereocenters. The molecule has 2 fully saturated rings. The van der Waals surface area contributed by atoms with E-state index >= 15 is 0 Å². The summed E-state index contributed by atoms with van der Waals surface area (Å²) in [6.07, 6.45) is 0.757. The number of amides is 3. The molecule has 43 heavy (non-hydrogen) atoms. The van der Waals surface area contributed by atoms with Gasteiger partial charge in [0.1, 0.15) is 23.8 Å². The second kappa shape index (κ2) is 11.7. The highest BCUT2D eigenvalue weighted by atomic mass is 16.6. The topological polar surface area (TPSA) is 123 Å². The second-order valence-electron chi connectivity index (χ2n) is 12.3. The molecule has 1 aliphatic heterocycles. The highest BCUT2D eigenvalue weighted by Gasteiger charge is 2.62. The predicted octanol–water partition coefficient (Wildman–Crippen LogP) is 4.53. The van der Waals surface area contributed by atoms with Crippen molar-refractivity contribution in [1.29, 1.82) is 0 Å². The number of carbonyl (C=O) groups is 4. The molecule has 0 bridgehead atoms. The van der Waals surface area contributed by atoms with E-state index < -0.39 is 47.3 Å². The second-order valence-corrected chi connectivity index (χ2v) is 12.3. The first-order valence-corrected chi connectivity index (χ1v) is 14.7. The van der Waals surface area contributed by atoms with Crippen molar-refractivity contribution in [1.82, 2.24) is 15.5 Å². The lowest BCUT2D eigenvalue weighted by molar-refractivity contribution is -0.149. The first kappa shape index (κ1) is 30.1. The number of rotatable bonds is 8. The van der Waals surface area contributed by atoms with Crippen molar-refractivity contribution in [3.8, 4) is 11.1 Å². The van der Waals surface area contributed by atoms with Crippen molar-refractivity contribution in [2.45, 2.75) is 69.7 Å². The lowest BCUT2D eigenvalue weighted by Crippen LogP contribution is -2.53. The molecule has 3 aliphatic rings. The van der Waals surface area contributed by atoms with Gasteiger partial charge in [-0.3, -0.25) is 9.69 Å². The van der Waals surface area contributed by atoms with Gasteiger partial charge in [0.15, 0.2) is 0 Å². The van der Waals surface area contributed by atoms with Gasteiger partial charge in [0, 0.05) is 18.4 Å². The lowest BCUT2D eigenvalue weighted by atomic mass is 9.98. The van der Waals surface area contributed by atoms with E-state index in [0.717, 1.165) is 22.3 Å². The number of nitrogens with zero attached hydrogens (tertiary/aromatic N) is 1. The first-order chi connectivity index (χ1) is 20.5. The summed E-state index contributed by atoms with van der Waals surface area (Å²) >= 11 is 0. The number of carbonyl (C=O) groups excluding carboxylic acids is 4. The van der Waals surface area contributed by atoms with Crippen LogP contribution in [0.3, 0.4) is 0 Å². The maximum absolute atomic E-state index is 13.6. The summed E-state index contributed by atoms with van der Waals surface area (Å²) in [7, 11) is 0. The minimum atomic E-state index is -1.22. The van der Waals surface area contributed by atoms with Crippen LogP contribution in [0.2, 0.25) is 0 Å². The number of hydrogen-bond acceptors (Lipinski definition) is 7. The SMILES string of the molecule is C=CC1C[C@]1(NC(=O)[C@@H]1C[C@@H](NC(=O)OCC2c3ccccc3-c3ccccc32)CN1C(=O)OC(C)(C)C)C(=O)OCC. The van der Waals surface area contributed by atoms with E-state index in [0.29, 0.717) is 6.42 Å². The summed E-state index contributed by atoms with van der Waals surface area (Å²) < 4.78 is 16.5. The standard InChI is InChI=1S/C33H39N3O7/c1-6-20-17-33(20,29(38)41-7-2)35-28(37)27-16-21(18-36(27)31(40)43-32(3,4)5)34-30(39)42-19-26-24-14-10-8-12-22(24)23-13-9-11-15-25(23)26/h6,8-15,20-21,26-27H,1,7,16-19H2,2-5H3,(H,34,39)(H,35,37)/t20?,21-,27+,33-/m1/s1. The van der Waals surface area contributed by atoms with Gasteiger partial charge < -0.3 is 24.8 Å². The Kier molecular flexibility index (Phi) is 8.23. The number of fused-ring (bicyclic) bond motifs is 3. The van der Waals surface area contributed by atoms with Gasteiger partial charge in [-0.05, 0) is 62.8 Å². The molecule has 2 aromatic rings. The zero-order chi connectivity index (χ0) is 30.9. The van der Waals surface area contributed by atoms with E-state index in [4.69, 9.17) is 14.2 Å². The highest BCUT2D eigenvalue weighted by molar-refractivity contribution is 5.95. The van der Waals surface area contributed by atoms with E-state index in [1.54, 1.807) is 33.8 Å². The summed E-state index contributed by atoms with van der Waals surface area (Å²) in [6, 6.07) is 14.6. The molecule has 10 nitrogen and oxygen atoms in total. The Labute approximate surface area is 251 Å². The summed E-state index contributed by atoms with van der Waals surface area (Å²) in [5.41, 5.74) is 2.43. The van der Waals surface area contributed by atoms with Crippen LogP contribution in [0.4, 0.5) is 9.59 Å². The molecule has 3 amide bonds. The van der Waals surface area contributed by atoms with Crippen molar-refractivity contribution in [3.63, 3.8) is 0 Å². The van der Waals surface area contributed by atoms with E-state index in [1.165, 1.54) is 4.90 Å². The number of alkyl carbamates (subject to hydrolysis) is 1. The molecule has 2 aromatic carbocycles. The van der Waals surface area contributed by atoms with Crippen molar-refractivity contribution >= 4 is 24.1 Å². The zero-order valence-corrected chi connectivity index (χ0v) is 25.1. The lowest BCUT2D eigenvalue weighted by Gasteiger charge is -2.29. The summed E-state index contributed by atoms with van der Waals surface area (Å²) in [5, 5.41) is 5.65.